The molecule has 0 saturated heterocycles. The molecule has 3 aromatic rings. The van der Waals surface area contributed by atoms with Crippen LogP contribution < -0.4 is 15.8 Å². The Morgan fingerprint density at radius 3 is 2.58 bits per heavy atom. The van der Waals surface area contributed by atoms with E-state index in [0.29, 0.717) is 17.0 Å². The lowest BCUT2D eigenvalue weighted by Crippen LogP contribution is -2.20. The topological polar surface area (TPSA) is 93.3 Å². The number of methoxy groups -OCH3 is 1. The Morgan fingerprint density at radius 1 is 1.23 bits per heavy atom. The summed E-state index contributed by atoms with van der Waals surface area (Å²) in [5, 5.41) is 13.4. The van der Waals surface area contributed by atoms with E-state index in [4.69, 9.17) is 22.7 Å². The second-order valence-electron chi connectivity index (χ2n) is 5.65. The zero-order valence-electron chi connectivity index (χ0n) is 14.4. The van der Waals surface area contributed by atoms with Gasteiger partial charge in [-0.05, 0) is 36.3 Å². The number of nitrogens with one attached hydrogen (secondary N) is 1. The van der Waals surface area contributed by atoms with E-state index in [-0.39, 0.29) is 16.8 Å². The van der Waals surface area contributed by atoms with E-state index in [2.05, 4.69) is 15.3 Å². The van der Waals surface area contributed by atoms with Crippen LogP contribution in [0.15, 0.2) is 48.7 Å². The summed E-state index contributed by atoms with van der Waals surface area (Å²) in [6, 6.07) is 13.1. The minimum Gasteiger partial charge on any atom is -0.507 e. The van der Waals surface area contributed by atoms with Gasteiger partial charge in [0.15, 0.2) is 5.11 Å². The predicted molar refractivity (Wildman–Crippen MR) is 106 cm³/mol. The Kier molecular flexibility index (Phi) is 4.99. The van der Waals surface area contributed by atoms with E-state index in [1.807, 2.05) is 43.3 Å². The number of nitrogens with two attached hydrogens (primary N) is 1. The molecule has 2 aromatic carbocycles. The Bertz CT molecular complexity index is 938. The third-order valence-corrected chi connectivity index (χ3v) is 3.97. The van der Waals surface area contributed by atoms with Gasteiger partial charge in [-0.1, -0.05) is 30.3 Å². The fraction of sp³-hybridized carbons (Fsp3) is 0.105. The molecule has 0 unspecified atom stereocenters. The summed E-state index contributed by atoms with van der Waals surface area (Å²) in [5.41, 5.74) is 9.23. The fourth-order valence-electron chi connectivity index (χ4n) is 2.73. The number of phenols is 1. The third kappa shape index (κ3) is 3.57. The monoisotopic (exact) mass is 366 g/mol. The molecule has 6 nitrogen and oxygen atoms in total. The summed E-state index contributed by atoms with van der Waals surface area (Å²) < 4.78 is 5.22. The van der Waals surface area contributed by atoms with Crippen molar-refractivity contribution in [2.75, 3.05) is 12.4 Å². The van der Waals surface area contributed by atoms with Crippen LogP contribution >= 0.6 is 12.2 Å². The molecule has 26 heavy (non-hydrogen) atoms. The second kappa shape index (κ2) is 7.37. The average Bonchev–Trinajstić information content (AvgIpc) is 2.61. The van der Waals surface area contributed by atoms with Gasteiger partial charge in [-0.15, -0.1) is 0 Å². The molecule has 0 radical (unpaired) electrons. The SMILES string of the molecule is COc1cc(C)c(-c2nc(NC(N)=S)ncc2-c2ccccc2)c(O)c1. The van der Waals surface area contributed by atoms with Crippen LogP contribution in [-0.4, -0.2) is 27.3 Å². The lowest BCUT2D eigenvalue weighted by Gasteiger charge is -2.15. The molecule has 3 rings (SSSR count). The van der Waals surface area contributed by atoms with Gasteiger partial charge in [0.1, 0.15) is 11.5 Å². The number of benzene rings is 2. The summed E-state index contributed by atoms with van der Waals surface area (Å²) in [7, 11) is 1.55. The van der Waals surface area contributed by atoms with Crippen LogP contribution in [0.1, 0.15) is 5.56 Å². The lowest BCUT2D eigenvalue weighted by atomic mass is 9.97. The molecule has 0 saturated carbocycles. The smallest absolute Gasteiger partial charge is 0.229 e. The van der Waals surface area contributed by atoms with Gasteiger partial charge in [0.05, 0.1) is 12.8 Å². The predicted octanol–water partition coefficient (Wildman–Crippen LogP) is 3.49. The molecule has 0 aliphatic rings. The highest BCUT2D eigenvalue weighted by Crippen LogP contribution is 2.39. The standard InChI is InChI=1S/C19H18N4O2S/c1-11-8-13(25-2)9-15(24)16(11)17-14(12-6-4-3-5-7-12)10-21-19(22-17)23-18(20)26/h3-10,24H,1-2H3,(H3,20,21,22,23,26). The van der Waals surface area contributed by atoms with E-state index in [0.717, 1.165) is 16.7 Å². The van der Waals surface area contributed by atoms with E-state index in [1.165, 1.54) is 0 Å². The molecule has 1 aromatic heterocycles. The normalized spacial score (nSPS) is 10.4. The molecule has 0 spiro atoms. The zero-order chi connectivity index (χ0) is 18.7. The first-order valence-electron chi connectivity index (χ1n) is 7.86. The molecule has 1 heterocycles. The number of hydrogen-bond donors (Lipinski definition) is 3. The maximum Gasteiger partial charge on any atom is 0.229 e. The van der Waals surface area contributed by atoms with Crippen molar-refractivity contribution >= 4 is 23.3 Å². The summed E-state index contributed by atoms with van der Waals surface area (Å²) in [6.07, 6.45) is 1.68. The van der Waals surface area contributed by atoms with Crippen molar-refractivity contribution in [1.82, 2.24) is 9.97 Å². The molecular weight excluding hydrogens is 348 g/mol. The van der Waals surface area contributed by atoms with Crippen LogP contribution in [0.3, 0.4) is 0 Å². The van der Waals surface area contributed by atoms with Gasteiger partial charge in [-0.2, -0.15) is 0 Å². The molecule has 132 valence electrons. The molecule has 0 amide bonds. The number of aryl methyl sites for hydroxylation is 1. The highest BCUT2D eigenvalue weighted by molar-refractivity contribution is 7.80. The van der Waals surface area contributed by atoms with Crippen molar-refractivity contribution < 1.29 is 9.84 Å². The van der Waals surface area contributed by atoms with E-state index in [1.54, 1.807) is 19.4 Å². The molecule has 0 fully saturated rings. The largest absolute Gasteiger partial charge is 0.507 e. The highest BCUT2D eigenvalue weighted by Gasteiger charge is 2.18. The number of aromatic hydroxyl groups is 1. The number of nitrogens with zero attached hydrogens (tertiary/aromatic N) is 2. The summed E-state index contributed by atoms with van der Waals surface area (Å²) in [4.78, 5) is 8.82. The van der Waals surface area contributed by atoms with Crippen molar-refractivity contribution in [3.8, 4) is 33.9 Å². The van der Waals surface area contributed by atoms with Crippen molar-refractivity contribution in [3.05, 3.63) is 54.2 Å². The summed E-state index contributed by atoms with van der Waals surface area (Å²) >= 11 is 4.87. The van der Waals surface area contributed by atoms with E-state index < -0.39 is 0 Å². The lowest BCUT2D eigenvalue weighted by molar-refractivity contribution is 0.407. The number of anilines is 1. The fourth-order valence-corrected chi connectivity index (χ4v) is 2.83. The average molecular weight is 366 g/mol. The highest BCUT2D eigenvalue weighted by atomic mass is 32.1. The Morgan fingerprint density at radius 2 is 1.96 bits per heavy atom. The van der Waals surface area contributed by atoms with Crippen LogP contribution in [0.25, 0.3) is 22.4 Å². The molecule has 0 atom stereocenters. The van der Waals surface area contributed by atoms with Gasteiger partial charge in [-0.3, -0.25) is 0 Å². The van der Waals surface area contributed by atoms with Gasteiger partial charge in [-0.25, -0.2) is 9.97 Å². The van der Waals surface area contributed by atoms with Gasteiger partial charge in [0, 0.05) is 23.4 Å². The zero-order valence-corrected chi connectivity index (χ0v) is 15.2. The quantitative estimate of drug-likeness (QED) is 0.609. The molecule has 0 bridgehead atoms. The van der Waals surface area contributed by atoms with Crippen molar-refractivity contribution in [3.63, 3.8) is 0 Å². The van der Waals surface area contributed by atoms with Crippen molar-refractivity contribution in [2.45, 2.75) is 6.92 Å². The van der Waals surface area contributed by atoms with Crippen LogP contribution in [0.4, 0.5) is 5.95 Å². The maximum absolute atomic E-state index is 10.6. The second-order valence-corrected chi connectivity index (χ2v) is 6.09. The van der Waals surface area contributed by atoms with E-state index >= 15 is 0 Å². The minimum atomic E-state index is 0.0685. The Hall–Kier alpha value is -3.19. The van der Waals surface area contributed by atoms with Crippen molar-refractivity contribution in [2.24, 2.45) is 5.73 Å². The van der Waals surface area contributed by atoms with Crippen LogP contribution in [0, 0.1) is 6.92 Å². The first kappa shape index (κ1) is 17.6. The van der Waals surface area contributed by atoms with Gasteiger partial charge in [0.25, 0.3) is 0 Å². The summed E-state index contributed by atoms with van der Waals surface area (Å²) in [6.45, 7) is 1.88. The van der Waals surface area contributed by atoms with Crippen molar-refractivity contribution in [1.29, 1.82) is 0 Å². The Balaban J connectivity index is 2.25. The number of thiocarbonyl (C=S) groups is 1. The van der Waals surface area contributed by atoms with Gasteiger partial charge in [0.2, 0.25) is 5.95 Å². The van der Waals surface area contributed by atoms with Gasteiger partial charge < -0.3 is 20.9 Å². The molecule has 7 heteroatoms. The maximum atomic E-state index is 10.6. The number of hydrogen-bond acceptors (Lipinski definition) is 5. The third-order valence-electron chi connectivity index (χ3n) is 3.87. The van der Waals surface area contributed by atoms with Crippen LogP contribution in [-0.2, 0) is 0 Å². The first-order chi connectivity index (χ1) is 12.5. The van der Waals surface area contributed by atoms with E-state index in [9.17, 15) is 5.11 Å². The minimum absolute atomic E-state index is 0.0685. The molecule has 0 aliphatic heterocycles. The number of ether oxygens (including phenoxy) is 1. The van der Waals surface area contributed by atoms with Gasteiger partial charge >= 0.3 is 0 Å². The van der Waals surface area contributed by atoms with Crippen LogP contribution in [0.5, 0.6) is 11.5 Å². The number of aromatic nitrogens is 2. The number of phenolic OH excluding ortho intramolecular Hbond substituents is 1. The molecule has 0 aliphatic carbocycles. The van der Waals surface area contributed by atoms with Crippen LogP contribution in [0.2, 0.25) is 0 Å². The Labute approximate surface area is 156 Å². The summed E-state index contributed by atoms with van der Waals surface area (Å²) in [5.74, 6) is 0.904. The molecular formula is C19H18N4O2S. The molecule has 4 N–H and O–H groups in total. The first-order valence-corrected chi connectivity index (χ1v) is 8.27. The number of rotatable bonds is 4.